The molecule has 3 nitrogen and oxygen atoms in total. The lowest BCUT2D eigenvalue weighted by Gasteiger charge is -2.20. The molecule has 0 spiro atoms. The van der Waals surface area contributed by atoms with Gasteiger partial charge in [-0.05, 0) is 55.7 Å². The molecule has 2 rings (SSSR count). The predicted octanol–water partition coefficient (Wildman–Crippen LogP) is 3.52. The highest BCUT2D eigenvalue weighted by Crippen LogP contribution is 2.24. The molecular weight excluding hydrogens is 236 g/mol. The van der Waals surface area contributed by atoms with Crippen LogP contribution in [0, 0.1) is 13.8 Å². The molecule has 3 heteroatoms. The minimum absolute atomic E-state index is 0.479. The molecule has 1 aromatic heterocycles. The summed E-state index contributed by atoms with van der Waals surface area (Å²) >= 11 is 0. The summed E-state index contributed by atoms with van der Waals surface area (Å²) in [6.07, 6.45) is 1.24. The molecule has 1 atom stereocenters. The Morgan fingerprint density at radius 3 is 2.21 bits per heavy atom. The lowest BCUT2D eigenvalue weighted by Crippen LogP contribution is -2.11. The first-order valence-electron chi connectivity index (χ1n) is 6.43. The van der Waals surface area contributed by atoms with Crippen LogP contribution in [0.4, 0.5) is 11.5 Å². The van der Waals surface area contributed by atoms with Crippen molar-refractivity contribution in [3.63, 3.8) is 0 Å². The van der Waals surface area contributed by atoms with Gasteiger partial charge in [0, 0.05) is 18.9 Å². The van der Waals surface area contributed by atoms with E-state index < -0.39 is 6.10 Å². The molecule has 19 heavy (non-hydrogen) atoms. The van der Waals surface area contributed by atoms with Gasteiger partial charge in [-0.15, -0.1) is 0 Å². The van der Waals surface area contributed by atoms with Crippen molar-refractivity contribution in [3.8, 4) is 0 Å². The summed E-state index contributed by atoms with van der Waals surface area (Å²) in [6, 6.07) is 10.3. The number of nitrogens with zero attached hydrogens (tertiary/aromatic N) is 2. The van der Waals surface area contributed by atoms with E-state index in [0.29, 0.717) is 0 Å². The van der Waals surface area contributed by atoms with Crippen LogP contribution in [0.15, 0.2) is 36.5 Å². The monoisotopic (exact) mass is 256 g/mol. The standard InChI is InChI=1S/C16H20N2O/c1-11-7-12(2)9-15(8-11)18(4)16-6-5-14(10-17-16)13(3)19/h5-10,13,19H,1-4H3/t13-/m0/s1. The predicted molar refractivity (Wildman–Crippen MR) is 78.8 cm³/mol. The third-order valence-electron chi connectivity index (χ3n) is 3.19. The maximum absolute atomic E-state index is 9.49. The molecule has 0 radical (unpaired) electrons. The largest absolute Gasteiger partial charge is 0.389 e. The van der Waals surface area contributed by atoms with Crippen LogP contribution in [0.25, 0.3) is 0 Å². The van der Waals surface area contributed by atoms with E-state index in [4.69, 9.17) is 0 Å². The Labute approximate surface area is 114 Å². The average Bonchev–Trinajstić information content (AvgIpc) is 2.37. The van der Waals surface area contributed by atoms with Crippen LogP contribution in [-0.2, 0) is 0 Å². The molecule has 0 aliphatic heterocycles. The van der Waals surface area contributed by atoms with Gasteiger partial charge in [-0.25, -0.2) is 4.98 Å². The zero-order chi connectivity index (χ0) is 14.0. The Morgan fingerprint density at radius 2 is 1.74 bits per heavy atom. The highest BCUT2D eigenvalue weighted by atomic mass is 16.3. The Balaban J connectivity index is 2.30. The molecule has 1 N–H and O–H groups in total. The van der Waals surface area contributed by atoms with Crippen molar-refractivity contribution in [3.05, 3.63) is 53.2 Å². The number of aliphatic hydroxyl groups excluding tert-OH is 1. The minimum atomic E-state index is -0.479. The molecule has 0 saturated heterocycles. The normalized spacial score (nSPS) is 12.3. The van der Waals surface area contributed by atoms with E-state index in [2.05, 4.69) is 37.0 Å². The van der Waals surface area contributed by atoms with Crippen LogP contribution in [-0.4, -0.2) is 17.1 Å². The van der Waals surface area contributed by atoms with Crippen LogP contribution in [0.1, 0.15) is 29.7 Å². The van der Waals surface area contributed by atoms with Crippen molar-refractivity contribution in [1.29, 1.82) is 0 Å². The average molecular weight is 256 g/mol. The fourth-order valence-electron chi connectivity index (χ4n) is 2.12. The molecule has 1 heterocycles. The number of benzene rings is 1. The lowest BCUT2D eigenvalue weighted by molar-refractivity contribution is 0.199. The summed E-state index contributed by atoms with van der Waals surface area (Å²) in [7, 11) is 2.00. The maximum atomic E-state index is 9.49. The van der Waals surface area contributed by atoms with Crippen molar-refractivity contribution < 1.29 is 5.11 Å². The van der Waals surface area contributed by atoms with E-state index in [1.807, 2.05) is 24.1 Å². The lowest BCUT2D eigenvalue weighted by atomic mass is 10.1. The number of aromatic nitrogens is 1. The van der Waals surface area contributed by atoms with E-state index >= 15 is 0 Å². The number of pyridine rings is 1. The van der Waals surface area contributed by atoms with Crippen molar-refractivity contribution in [2.24, 2.45) is 0 Å². The van der Waals surface area contributed by atoms with E-state index in [-0.39, 0.29) is 0 Å². The van der Waals surface area contributed by atoms with Crippen LogP contribution in [0.3, 0.4) is 0 Å². The highest BCUT2D eigenvalue weighted by molar-refractivity contribution is 5.61. The summed E-state index contributed by atoms with van der Waals surface area (Å²) in [4.78, 5) is 6.45. The summed E-state index contributed by atoms with van der Waals surface area (Å²) < 4.78 is 0. The molecular formula is C16H20N2O. The first kappa shape index (κ1) is 13.6. The molecule has 1 aromatic carbocycles. The SMILES string of the molecule is Cc1cc(C)cc(N(C)c2ccc([C@H](C)O)cn2)c1. The second-order valence-electron chi connectivity index (χ2n) is 5.03. The third kappa shape index (κ3) is 3.12. The summed E-state index contributed by atoms with van der Waals surface area (Å²) in [5, 5.41) is 9.49. The first-order valence-corrected chi connectivity index (χ1v) is 6.43. The zero-order valence-corrected chi connectivity index (χ0v) is 11.9. The van der Waals surface area contributed by atoms with Crippen molar-refractivity contribution >= 4 is 11.5 Å². The smallest absolute Gasteiger partial charge is 0.132 e. The van der Waals surface area contributed by atoms with E-state index in [1.165, 1.54) is 11.1 Å². The van der Waals surface area contributed by atoms with Gasteiger partial charge < -0.3 is 10.0 Å². The minimum Gasteiger partial charge on any atom is -0.389 e. The quantitative estimate of drug-likeness (QED) is 0.912. The van der Waals surface area contributed by atoms with Gasteiger partial charge in [0.2, 0.25) is 0 Å². The van der Waals surface area contributed by atoms with Gasteiger partial charge in [0.1, 0.15) is 5.82 Å². The molecule has 0 aliphatic rings. The highest BCUT2D eigenvalue weighted by Gasteiger charge is 2.07. The Kier molecular flexibility index (Phi) is 3.86. The number of hydrogen-bond acceptors (Lipinski definition) is 3. The molecule has 0 fully saturated rings. The number of anilines is 2. The fourth-order valence-corrected chi connectivity index (χ4v) is 2.12. The molecule has 2 aromatic rings. The number of rotatable bonds is 3. The molecule has 0 saturated carbocycles. The zero-order valence-electron chi connectivity index (χ0n) is 11.9. The summed E-state index contributed by atoms with van der Waals surface area (Å²) in [5.74, 6) is 0.870. The Bertz CT molecular complexity index is 541. The van der Waals surface area contributed by atoms with E-state index in [1.54, 1.807) is 13.1 Å². The van der Waals surface area contributed by atoms with Gasteiger partial charge in [-0.3, -0.25) is 0 Å². The van der Waals surface area contributed by atoms with Crippen molar-refractivity contribution in [1.82, 2.24) is 4.98 Å². The summed E-state index contributed by atoms with van der Waals surface area (Å²) in [6.45, 7) is 5.92. The Morgan fingerprint density at radius 1 is 1.11 bits per heavy atom. The van der Waals surface area contributed by atoms with Gasteiger partial charge in [0.15, 0.2) is 0 Å². The van der Waals surface area contributed by atoms with E-state index in [9.17, 15) is 5.11 Å². The second-order valence-corrected chi connectivity index (χ2v) is 5.03. The molecule has 0 unspecified atom stereocenters. The fraction of sp³-hybridized carbons (Fsp3) is 0.312. The van der Waals surface area contributed by atoms with Crippen LogP contribution < -0.4 is 4.90 Å². The van der Waals surface area contributed by atoms with Crippen LogP contribution in [0.2, 0.25) is 0 Å². The first-order chi connectivity index (χ1) is 8.97. The number of aliphatic hydroxyl groups is 1. The van der Waals surface area contributed by atoms with Gasteiger partial charge in [0.05, 0.1) is 6.10 Å². The molecule has 0 aliphatic carbocycles. The second kappa shape index (κ2) is 5.41. The van der Waals surface area contributed by atoms with Crippen LogP contribution in [0.5, 0.6) is 0 Å². The van der Waals surface area contributed by atoms with Gasteiger partial charge in [-0.1, -0.05) is 12.1 Å². The number of aryl methyl sites for hydroxylation is 2. The molecule has 0 bridgehead atoms. The molecule has 100 valence electrons. The van der Waals surface area contributed by atoms with Gasteiger partial charge in [0.25, 0.3) is 0 Å². The van der Waals surface area contributed by atoms with Crippen molar-refractivity contribution in [2.45, 2.75) is 26.9 Å². The summed E-state index contributed by atoms with van der Waals surface area (Å²) in [5.41, 5.74) is 4.43. The van der Waals surface area contributed by atoms with Gasteiger partial charge >= 0.3 is 0 Å². The number of hydrogen-bond donors (Lipinski definition) is 1. The van der Waals surface area contributed by atoms with Crippen LogP contribution >= 0.6 is 0 Å². The third-order valence-corrected chi connectivity index (χ3v) is 3.19. The van der Waals surface area contributed by atoms with E-state index in [0.717, 1.165) is 17.1 Å². The maximum Gasteiger partial charge on any atom is 0.132 e. The topological polar surface area (TPSA) is 36.4 Å². The molecule has 0 amide bonds. The van der Waals surface area contributed by atoms with Gasteiger partial charge in [-0.2, -0.15) is 0 Å². The van der Waals surface area contributed by atoms with Crippen molar-refractivity contribution in [2.75, 3.05) is 11.9 Å². The Hall–Kier alpha value is -1.87.